The fourth-order valence-electron chi connectivity index (χ4n) is 2.30. The second-order valence-corrected chi connectivity index (χ2v) is 5.80. The number of hydrogen-bond acceptors (Lipinski definition) is 3. The van der Waals surface area contributed by atoms with E-state index >= 15 is 0 Å². The smallest absolute Gasteiger partial charge is 0.322 e. The first-order chi connectivity index (χ1) is 9.52. The molecule has 0 bridgehead atoms. The maximum atomic E-state index is 11.8. The van der Waals surface area contributed by atoms with Crippen LogP contribution >= 0.6 is 0 Å². The molecule has 0 aliphatic heterocycles. The van der Waals surface area contributed by atoms with Crippen molar-refractivity contribution in [1.29, 1.82) is 0 Å². The molecule has 0 saturated carbocycles. The zero-order valence-corrected chi connectivity index (χ0v) is 13.1. The van der Waals surface area contributed by atoms with Gasteiger partial charge in [-0.15, -0.1) is 0 Å². The summed E-state index contributed by atoms with van der Waals surface area (Å²) in [6, 6.07) is 10.5. The number of rotatable bonds is 8. The predicted molar refractivity (Wildman–Crippen MR) is 82.6 cm³/mol. The molecule has 1 rings (SSSR count). The fourth-order valence-corrected chi connectivity index (χ4v) is 2.30. The van der Waals surface area contributed by atoms with Crippen LogP contribution in [-0.2, 0) is 16.0 Å². The number of carbonyl (C=O) groups is 1. The summed E-state index contributed by atoms with van der Waals surface area (Å²) in [5, 5.41) is 3.39. The largest absolute Gasteiger partial charge is 0.468 e. The maximum absolute atomic E-state index is 11.8. The Morgan fingerprint density at radius 2 is 1.85 bits per heavy atom. The standard InChI is InChI=1S/C17H27NO2/c1-13(2)12-16(17(19)20-4)18-14(3)10-11-15-8-6-5-7-9-15/h5-9,13-14,16,18H,10-12H2,1-4H3/t14-,16+/m1/s1. The predicted octanol–water partition coefficient (Wildman–Crippen LogP) is 3.19. The highest BCUT2D eigenvalue weighted by Crippen LogP contribution is 2.10. The van der Waals surface area contributed by atoms with Gasteiger partial charge in [0.15, 0.2) is 0 Å². The van der Waals surface area contributed by atoms with Crippen LogP contribution < -0.4 is 5.32 Å². The molecular weight excluding hydrogens is 250 g/mol. The van der Waals surface area contributed by atoms with Crippen molar-refractivity contribution in [2.24, 2.45) is 5.92 Å². The minimum atomic E-state index is -0.203. The Hall–Kier alpha value is -1.35. The summed E-state index contributed by atoms with van der Waals surface area (Å²) in [7, 11) is 1.45. The minimum Gasteiger partial charge on any atom is -0.468 e. The number of hydrogen-bond donors (Lipinski definition) is 1. The molecule has 0 aliphatic rings. The first kappa shape index (κ1) is 16.7. The Morgan fingerprint density at radius 1 is 1.20 bits per heavy atom. The quantitative estimate of drug-likeness (QED) is 0.742. The molecular formula is C17H27NO2. The van der Waals surface area contributed by atoms with Crippen LogP contribution in [0.4, 0.5) is 0 Å². The molecule has 1 aromatic rings. The molecule has 1 N–H and O–H groups in total. The fraction of sp³-hybridized carbons (Fsp3) is 0.588. The number of ether oxygens (including phenoxy) is 1. The van der Waals surface area contributed by atoms with E-state index in [1.165, 1.54) is 12.7 Å². The zero-order chi connectivity index (χ0) is 15.0. The number of esters is 1. The van der Waals surface area contributed by atoms with E-state index in [1.54, 1.807) is 0 Å². The van der Waals surface area contributed by atoms with Gasteiger partial charge in [0.25, 0.3) is 0 Å². The van der Waals surface area contributed by atoms with Crippen LogP contribution in [0, 0.1) is 5.92 Å². The molecule has 0 fully saturated rings. The van der Waals surface area contributed by atoms with Gasteiger partial charge in [-0.3, -0.25) is 4.79 Å². The molecule has 20 heavy (non-hydrogen) atoms. The van der Waals surface area contributed by atoms with Crippen molar-refractivity contribution in [3.63, 3.8) is 0 Å². The lowest BCUT2D eigenvalue weighted by Crippen LogP contribution is -2.43. The third-order valence-electron chi connectivity index (χ3n) is 3.39. The number of aryl methyl sites for hydroxylation is 1. The van der Waals surface area contributed by atoms with E-state index in [2.05, 4.69) is 50.4 Å². The normalized spacial score (nSPS) is 14.1. The molecule has 0 amide bonds. The summed E-state index contributed by atoms with van der Waals surface area (Å²) >= 11 is 0. The zero-order valence-electron chi connectivity index (χ0n) is 13.1. The van der Waals surface area contributed by atoms with Crippen LogP contribution in [0.3, 0.4) is 0 Å². The Balaban J connectivity index is 2.45. The molecule has 0 aromatic heterocycles. The molecule has 3 heteroatoms. The topological polar surface area (TPSA) is 38.3 Å². The van der Waals surface area contributed by atoms with Gasteiger partial charge < -0.3 is 10.1 Å². The second kappa shape index (κ2) is 8.75. The maximum Gasteiger partial charge on any atom is 0.322 e. The lowest BCUT2D eigenvalue weighted by molar-refractivity contribution is -0.143. The van der Waals surface area contributed by atoms with Gasteiger partial charge in [-0.05, 0) is 37.7 Å². The van der Waals surface area contributed by atoms with E-state index in [4.69, 9.17) is 4.74 Å². The number of benzene rings is 1. The molecule has 2 atom stereocenters. The molecule has 1 aromatic carbocycles. The van der Waals surface area contributed by atoms with Crippen LogP contribution in [0.15, 0.2) is 30.3 Å². The monoisotopic (exact) mass is 277 g/mol. The van der Waals surface area contributed by atoms with Gasteiger partial charge in [-0.25, -0.2) is 0 Å². The molecule has 112 valence electrons. The van der Waals surface area contributed by atoms with Crippen molar-refractivity contribution in [2.45, 2.75) is 52.1 Å². The van der Waals surface area contributed by atoms with E-state index in [1.807, 2.05) is 6.07 Å². The Labute approximate surface area is 122 Å². The molecule has 3 nitrogen and oxygen atoms in total. The van der Waals surface area contributed by atoms with Crippen molar-refractivity contribution in [3.05, 3.63) is 35.9 Å². The van der Waals surface area contributed by atoms with Crippen LogP contribution in [0.25, 0.3) is 0 Å². The van der Waals surface area contributed by atoms with Crippen molar-refractivity contribution in [2.75, 3.05) is 7.11 Å². The summed E-state index contributed by atoms with van der Waals surface area (Å²) < 4.78 is 4.88. The SMILES string of the molecule is COC(=O)[C@H](CC(C)C)N[C@H](C)CCc1ccccc1. The number of methoxy groups -OCH3 is 1. The van der Waals surface area contributed by atoms with Crippen LogP contribution in [0.5, 0.6) is 0 Å². The number of nitrogens with one attached hydrogen (secondary N) is 1. The summed E-state index contributed by atoms with van der Waals surface area (Å²) in [5.74, 6) is 0.304. The Kier molecular flexibility index (Phi) is 7.31. The molecule has 0 spiro atoms. The van der Waals surface area contributed by atoms with Gasteiger partial charge in [0.2, 0.25) is 0 Å². The van der Waals surface area contributed by atoms with Crippen molar-refractivity contribution in [1.82, 2.24) is 5.32 Å². The van der Waals surface area contributed by atoms with Gasteiger partial charge in [0.1, 0.15) is 6.04 Å². The molecule has 0 unspecified atom stereocenters. The van der Waals surface area contributed by atoms with Gasteiger partial charge in [0.05, 0.1) is 7.11 Å². The lowest BCUT2D eigenvalue weighted by Gasteiger charge is -2.23. The summed E-state index contributed by atoms with van der Waals surface area (Å²) in [6.07, 6.45) is 2.84. The van der Waals surface area contributed by atoms with Crippen LogP contribution in [-0.4, -0.2) is 25.2 Å². The first-order valence-electron chi connectivity index (χ1n) is 7.40. The second-order valence-electron chi connectivity index (χ2n) is 5.80. The van der Waals surface area contributed by atoms with Crippen LogP contribution in [0.1, 0.15) is 39.2 Å². The minimum absolute atomic E-state index is 0.162. The van der Waals surface area contributed by atoms with Gasteiger partial charge in [-0.2, -0.15) is 0 Å². The van der Waals surface area contributed by atoms with Crippen molar-refractivity contribution < 1.29 is 9.53 Å². The highest BCUT2D eigenvalue weighted by molar-refractivity contribution is 5.75. The molecule has 0 aliphatic carbocycles. The van der Waals surface area contributed by atoms with Crippen LogP contribution in [0.2, 0.25) is 0 Å². The molecule has 0 saturated heterocycles. The van der Waals surface area contributed by atoms with E-state index in [9.17, 15) is 4.79 Å². The first-order valence-corrected chi connectivity index (χ1v) is 7.40. The highest BCUT2D eigenvalue weighted by atomic mass is 16.5. The lowest BCUT2D eigenvalue weighted by atomic mass is 10.0. The molecule has 0 radical (unpaired) electrons. The summed E-state index contributed by atoms with van der Waals surface area (Å²) in [6.45, 7) is 6.36. The summed E-state index contributed by atoms with van der Waals surface area (Å²) in [4.78, 5) is 11.8. The summed E-state index contributed by atoms with van der Waals surface area (Å²) in [5.41, 5.74) is 1.33. The Morgan fingerprint density at radius 3 is 2.40 bits per heavy atom. The van der Waals surface area contributed by atoms with E-state index in [0.29, 0.717) is 5.92 Å². The Bertz CT molecular complexity index is 389. The number of carbonyl (C=O) groups excluding carboxylic acids is 1. The van der Waals surface area contributed by atoms with Crippen molar-refractivity contribution >= 4 is 5.97 Å². The third kappa shape index (κ3) is 6.20. The van der Waals surface area contributed by atoms with E-state index < -0.39 is 0 Å². The van der Waals surface area contributed by atoms with Gasteiger partial charge >= 0.3 is 5.97 Å². The molecule has 0 heterocycles. The van der Waals surface area contributed by atoms with Gasteiger partial charge in [-0.1, -0.05) is 44.2 Å². The average molecular weight is 277 g/mol. The van der Waals surface area contributed by atoms with Gasteiger partial charge in [0, 0.05) is 6.04 Å². The average Bonchev–Trinajstić information content (AvgIpc) is 2.44. The highest BCUT2D eigenvalue weighted by Gasteiger charge is 2.21. The third-order valence-corrected chi connectivity index (χ3v) is 3.39. The van der Waals surface area contributed by atoms with Crippen molar-refractivity contribution in [3.8, 4) is 0 Å². The van der Waals surface area contributed by atoms with E-state index in [-0.39, 0.29) is 18.1 Å². The van der Waals surface area contributed by atoms with E-state index in [0.717, 1.165) is 19.3 Å².